The molecule has 18 heavy (non-hydrogen) atoms. The first-order chi connectivity index (χ1) is 8.36. The number of hydrogen-bond donors (Lipinski definition) is 1. The van der Waals surface area contributed by atoms with Crippen molar-refractivity contribution in [1.82, 2.24) is 14.7 Å². The van der Waals surface area contributed by atoms with Crippen molar-refractivity contribution in [3.63, 3.8) is 0 Å². The summed E-state index contributed by atoms with van der Waals surface area (Å²) in [5.74, 6) is 0. The lowest BCUT2D eigenvalue weighted by molar-refractivity contribution is 0.102. The van der Waals surface area contributed by atoms with Crippen LogP contribution in [0.4, 0.5) is 0 Å². The summed E-state index contributed by atoms with van der Waals surface area (Å²) >= 11 is 0. The lowest BCUT2D eigenvalue weighted by Gasteiger charge is -2.27. The number of rotatable bonds is 6. The molecule has 4 nitrogen and oxygen atoms in total. The Balaban J connectivity index is 2.90. The van der Waals surface area contributed by atoms with E-state index in [0.717, 1.165) is 18.8 Å². The Labute approximate surface area is 111 Å². The zero-order chi connectivity index (χ0) is 13.9. The monoisotopic (exact) mass is 253 g/mol. The Morgan fingerprint density at radius 2 is 1.89 bits per heavy atom. The third kappa shape index (κ3) is 3.56. The second-order valence-electron chi connectivity index (χ2n) is 5.34. The standard InChI is InChI=1S/C14H27N3O/c1-7-17-13(6)14(12(5)15-17)9-16(10(2)3)8-11(4)18/h10-11,18H,7-9H2,1-6H3. The SMILES string of the molecule is CCn1nc(C)c(CN(CC(C)O)C(C)C)c1C. The molecule has 0 aliphatic rings. The molecule has 0 aromatic carbocycles. The quantitative estimate of drug-likeness (QED) is 0.844. The second kappa shape index (κ2) is 6.34. The third-order valence-electron chi connectivity index (χ3n) is 3.42. The highest BCUT2D eigenvalue weighted by molar-refractivity contribution is 5.24. The molecule has 0 spiro atoms. The minimum absolute atomic E-state index is 0.297. The van der Waals surface area contributed by atoms with Gasteiger partial charge < -0.3 is 5.11 Å². The van der Waals surface area contributed by atoms with Crippen LogP contribution in [0.15, 0.2) is 0 Å². The highest BCUT2D eigenvalue weighted by atomic mass is 16.3. The molecule has 1 unspecified atom stereocenters. The average Bonchev–Trinajstić information content (AvgIpc) is 2.54. The molecular weight excluding hydrogens is 226 g/mol. The predicted octanol–water partition coefficient (Wildman–Crippen LogP) is 2.11. The van der Waals surface area contributed by atoms with Gasteiger partial charge in [-0.1, -0.05) is 0 Å². The fourth-order valence-corrected chi connectivity index (χ4v) is 2.27. The maximum absolute atomic E-state index is 9.58. The Hall–Kier alpha value is -0.870. The topological polar surface area (TPSA) is 41.3 Å². The summed E-state index contributed by atoms with van der Waals surface area (Å²) in [5, 5.41) is 14.1. The fraction of sp³-hybridized carbons (Fsp3) is 0.786. The molecule has 1 rings (SSSR count). The van der Waals surface area contributed by atoms with Crippen LogP contribution in [0, 0.1) is 13.8 Å². The van der Waals surface area contributed by atoms with Gasteiger partial charge in [0.25, 0.3) is 0 Å². The lowest BCUT2D eigenvalue weighted by Crippen LogP contribution is -2.36. The molecule has 0 radical (unpaired) electrons. The van der Waals surface area contributed by atoms with Crippen LogP contribution in [0.3, 0.4) is 0 Å². The van der Waals surface area contributed by atoms with Gasteiger partial charge in [0.05, 0.1) is 11.8 Å². The summed E-state index contributed by atoms with van der Waals surface area (Å²) in [6.07, 6.45) is -0.297. The van der Waals surface area contributed by atoms with Gasteiger partial charge in [0.15, 0.2) is 0 Å². The first-order valence-corrected chi connectivity index (χ1v) is 6.81. The summed E-state index contributed by atoms with van der Waals surface area (Å²) in [4.78, 5) is 2.29. The number of aliphatic hydroxyl groups excluding tert-OH is 1. The summed E-state index contributed by atoms with van der Waals surface area (Å²) in [5.41, 5.74) is 3.64. The van der Waals surface area contributed by atoms with Crippen LogP contribution in [0.2, 0.25) is 0 Å². The smallest absolute Gasteiger partial charge is 0.0641 e. The first kappa shape index (κ1) is 15.2. The molecule has 0 saturated heterocycles. The number of aromatic nitrogens is 2. The van der Waals surface area contributed by atoms with E-state index in [1.165, 1.54) is 11.3 Å². The van der Waals surface area contributed by atoms with Crippen molar-refractivity contribution in [3.05, 3.63) is 17.0 Å². The van der Waals surface area contributed by atoms with Crippen LogP contribution in [-0.2, 0) is 13.1 Å². The van der Waals surface area contributed by atoms with Gasteiger partial charge in [-0.2, -0.15) is 5.10 Å². The van der Waals surface area contributed by atoms with Gasteiger partial charge in [-0.05, 0) is 41.5 Å². The summed E-state index contributed by atoms with van der Waals surface area (Å²) in [7, 11) is 0. The summed E-state index contributed by atoms with van der Waals surface area (Å²) in [6.45, 7) is 14.9. The Kier molecular flexibility index (Phi) is 5.35. The van der Waals surface area contributed by atoms with Gasteiger partial charge in [-0.15, -0.1) is 0 Å². The molecule has 0 bridgehead atoms. The van der Waals surface area contributed by atoms with Gasteiger partial charge in [0.1, 0.15) is 0 Å². The third-order valence-corrected chi connectivity index (χ3v) is 3.42. The van der Waals surface area contributed by atoms with Gasteiger partial charge in [0.2, 0.25) is 0 Å². The fourth-order valence-electron chi connectivity index (χ4n) is 2.27. The van der Waals surface area contributed by atoms with Crippen LogP contribution in [0.25, 0.3) is 0 Å². The Bertz CT molecular complexity index is 383. The van der Waals surface area contributed by atoms with E-state index in [4.69, 9.17) is 0 Å². The molecule has 1 heterocycles. The molecule has 1 aromatic heterocycles. The van der Waals surface area contributed by atoms with E-state index in [1.807, 2.05) is 11.6 Å². The highest BCUT2D eigenvalue weighted by Gasteiger charge is 2.17. The van der Waals surface area contributed by atoms with Gasteiger partial charge in [-0.3, -0.25) is 9.58 Å². The number of hydrogen-bond acceptors (Lipinski definition) is 3. The lowest BCUT2D eigenvalue weighted by atomic mass is 10.1. The van der Waals surface area contributed by atoms with Gasteiger partial charge in [-0.25, -0.2) is 0 Å². The first-order valence-electron chi connectivity index (χ1n) is 6.81. The van der Waals surface area contributed by atoms with Crippen LogP contribution in [-0.4, -0.2) is 38.5 Å². The summed E-state index contributed by atoms with van der Waals surface area (Å²) in [6, 6.07) is 0.420. The Morgan fingerprint density at radius 1 is 1.28 bits per heavy atom. The minimum atomic E-state index is -0.297. The van der Waals surface area contributed by atoms with Crippen LogP contribution < -0.4 is 0 Å². The molecule has 1 aromatic rings. The maximum Gasteiger partial charge on any atom is 0.0641 e. The zero-order valence-electron chi connectivity index (χ0n) is 12.6. The van der Waals surface area contributed by atoms with Gasteiger partial charge in [0, 0.05) is 36.9 Å². The van der Waals surface area contributed by atoms with E-state index in [1.54, 1.807) is 0 Å². The van der Waals surface area contributed by atoms with Crippen molar-refractivity contribution in [2.45, 2.75) is 66.8 Å². The van der Waals surface area contributed by atoms with E-state index in [-0.39, 0.29) is 6.10 Å². The average molecular weight is 253 g/mol. The van der Waals surface area contributed by atoms with Crippen molar-refractivity contribution < 1.29 is 5.11 Å². The highest BCUT2D eigenvalue weighted by Crippen LogP contribution is 2.17. The van der Waals surface area contributed by atoms with E-state index < -0.39 is 0 Å². The molecule has 1 atom stereocenters. The molecule has 0 aliphatic carbocycles. The molecule has 0 saturated carbocycles. The number of aliphatic hydroxyl groups is 1. The van der Waals surface area contributed by atoms with Crippen LogP contribution in [0.5, 0.6) is 0 Å². The minimum Gasteiger partial charge on any atom is -0.392 e. The Morgan fingerprint density at radius 3 is 2.28 bits per heavy atom. The largest absolute Gasteiger partial charge is 0.392 e. The van der Waals surface area contributed by atoms with Crippen molar-refractivity contribution >= 4 is 0 Å². The van der Waals surface area contributed by atoms with Crippen molar-refractivity contribution in [2.24, 2.45) is 0 Å². The predicted molar refractivity (Wildman–Crippen MR) is 74.6 cm³/mol. The molecule has 104 valence electrons. The van der Waals surface area contributed by atoms with Crippen molar-refractivity contribution in [2.75, 3.05) is 6.54 Å². The number of aryl methyl sites for hydroxylation is 2. The zero-order valence-corrected chi connectivity index (χ0v) is 12.6. The molecule has 0 aliphatic heterocycles. The molecule has 0 fully saturated rings. The van der Waals surface area contributed by atoms with Crippen molar-refractivity contribution in [3.8, 4) is 0 Å². The second-order valence-corrected chi connectivity index (χ2v) is 5.34. The maximum atomic E-state index is 9.58. The molecule has 4 heteroatoms. The van der Waals surface area contributed by atoms with Crippen LogP contribution in [0.1, 0.15) is 44.6 Å². The van der Waals surface area contributed by atoms with E-state index in [2.05, 4.69) is 44.6 Å². The van der Waals surface area contributed by atoms with E-state index in [0.29, 0.717) is 12.6 Å². The molecule has 0 amide bonds. The molecule has 1 N–H and O–H groups in total. The number of nitrogens with zero attached hydrogens (tertiary/aromatic N) is 3. The van der Waals surface area contributed by atoms with Gasteiger partial charge >= 0.3 is 0 Å². The van der Waals surface area contributed by atoms with Crippen molar-refractivity contribution in [1.29, 1.82) is 0 Å². The molecular formula is C14H27N3O. The van der Waals surface area contributed by atoms with E-state index in [9.17, 15) is 5.11 Å². The van der Waals surface area contributed by atoms with Crippen LogP contribution >= 0.6 is 0 Å². The van der Waals surface area contributed by atoms with E-state index >= 15 is 0 Å². The summed E-state index contributed by atoms with van der Waals surface area (Å²) < 4.78 is 2.05. The normalized spacial score (nSPS) is 13.6.